The summed E-state index contributed by atoms with van der Waals surface area (Å²) in [6.45, 7) is 6.41. The van der Waals surface area contributed by atoms with Gasteiger partial charge in [-0.25, -0.2) is 18.1 Å². The molecule has 120 valence electrons. The van der Waals surface area contributed by atoms with Crippen molar-refractivity contribution in [1.29, 1.82) is 0 Å². The largest absolute Gasteiger partial charge is 0.303 e. The third-order valence-corrected chi connectivity index (χ3v) is 6.10. The number of likely N-dealkylation sites (tertiary alicyclic amines) is 1. The lowest BCUT2D eigenvalue weighted by atomic mass is 10.3. The van der Waals surface area contributed by atoms with Gasteiger partial charge in [-0.1, -0.05) is 6.92 Å². The molecule has 3 rings (SSSR count). The predicted molar refractivity (Wildman–Crippen MR) is 86.2 cm³/mol. The van der Waals surface area contributed by atoms with E-state index in [4.69, 9.17) is 0 Å². The first-order valence-corrected chi connectivity index (χ1v) is 9.17. The molecule has 0 bridgehead atoms. The van der Waals surface area contributed by atoms with E-state index in [1.165, 1.54) is 5.56 Å². The van der Waals surface area contributed by atoms with Crippen LogP contribution in [0.3, 0.4) is 0 Å². The van der Waals surface area contributed by atoms with Gasteiger partial charge in [-0.2, -0.15) is 0 Å². The second-order valence-corrected chi connectivity index (χ2v) is 7.92. The summed E-state index contributed by atoms with van der Waals surface area (Å²) < 4.78 is 28.8. The number of hydrogen-bond acceptors (Lipinski definition) is 4. The number of fused-ring (bicyclic) bond motifs is 1. The highest BCUT2D eigenvalue weighted by Crippen LogP contribution is 2.19. The zero-order valence-corrected chi connectivity index (χ0v) is 13.8. The Morgan fingerprint density at radius 1 is 1.45 bits per heavy atom. The molecule has 0 unspecified atom stereocenters. The van der Waals surface area contributed by atoms with Gasteiger partial charge in [0.2, 0.25) is 10.0 Å². The summed E-state index contributed by atoms with van der Waals surface area (Å²) >= 11 is 0. The van der Waals surface area contributed by atoms with Crippen LogP contribution in [0.15, 0.2) is 24.5 Å². The van der Waals surface area contributed by atoms with Crippen LogP contribution in [0.4, 0.5) is 0 Å². The first kappa shape index (κ1) is 15.5. The molecule has 7 heteroatoms. The van der Waals surface area contributed by atoms with Crippen molar-refractivity contribution in [3.63, 3.8) is 0 Å². The molecule has 0 aliphatic carbocycles. The number of nitrogens with one attached hydrogen (secondary N) is 1. The third kappa shape index (κ3) is 3.02. The summed E-state index contributed by atoms with van der Waals surface area (Å²) in [6, 6.07) is 4.10. The van der Waals surface area contributed by atoms with Gasteiger partial charge >= 0.3 is 0 Å². The molecule has 0 aromatic carbocycles. The maximum absolute atomic E-state index is 12.1. The Hall–Kier alpha value is -1.44. The zero-order valence-electron chi connectivity index (χ0n) is 13.0. The molecule has 0 saturated carbocycles. The van der Waals surface area contributed by atoms with Crippen molar-refractivity contribution >= 4 is 15.7 Å². The molecule has 1 fully saturated rings. The molecule has 2 aromatic rings. The van der Waals surface area contributed by atoms with Crippen molar-refractivity contribution in [2.45, 2.75) is 32.1 Å². The lowest BCUT2D eigenvalue weighted by molar-refractivity contribution is 0.326. The Kier molecular flexibility index (Phi) is 4.20. The highest BCUT2D eigenvalue weighted by Gasteiger charge is 2.32. The average molecular weight is 322 g/mol. The molecule has 0 spiro atoms. The lowest BCUT2D eigenvalue weighted by Crippen LogP contribution is -2.36. The number of pyridine rings is 1. The number of rotatable bonds is 5. The van der Waals surface area contributed by atoms with Crippen molar-refractivity contribution in [2.75, 3.05) is 19.6 Å². The molecule has 6 nitrogen and oxygen atoms in total. The summed E-state index contributed by atoms with van der Waals surface area (Å²) in [5.74, 6) is 0. The van der Waals surface area contributed by atoms with Crippen LogP contribution in [-0.2, 0) is 16.6 Å². The molecule has 1 aliphatic rings. The zero-order chi connectivity index (χ0) is 15.7. The first-order valence-electron chi connectivity index (χ1n) is 7.63. The molecule has 0 amide bonds. The van der Waals surface area contributed by atoms with Crippen LogP contribution in [0, 0.1) is 6.92 Å². The predicted octanol–water partition coefficient (Wildman–Crippen LogP) is 1.16. The number of aromatic nitrogens is 2. The van der Waals surface area contributed by atoms with E-state index in [1.807, 2.05) is 32.3 Å². The van der Waals surface area contributed by atoms with Crippen LogP contribution in [-0.4, -0.2) is 47.6 Å². The van der Waals surface area contributed by atoms with E-state index in [9.17, 15) is 8.42 Å². The van der Waals surface area contributed by atoms with E-state index in [-0.39, 0.29) is 5.25 Å². The summed E-state index contributed by atoms with van der Waals surface area (Å²) in [5, 5.41) is -0.311. The Morgan fingerprint density at radius 3 is 3.05 bits per heavy atom. The minimum absolute atomic E-state index is 0.311. The number of aryl methyl sites for hydroxylation is 1. The second kappa shape index (κ2) is 5.98. The molecular weight excluding hydrogens is 300 g/mol. The Bertz CT molecular complexity index is 769. The van der Waals surface area contributed by atoms with Crippen LogP contribution >= 0.6 is 0 Å². The van der Waals surface area contributed by atoms with E-state index >= 15 is 0 Å². The van der Waals surface area contributed by atoms with Gasteiger partial charge in [0.15, 0.2) is 0 Å². The quantitative estimate of drug-likeness (QED) is 0.897. The lowest BCUT2D eigenvalue weighted by Gasteiger charge is -2.16. The number of nitrogens with zero attached hydrogens (tertiary/aromatic N) is 3. The van der Waals surface area contributed by atoms with Gasteiger partial charge in [0.1, 0.15) is 5.65 Å². The molecule has 1 atom stereocenters. The summed E-state index contributed by atoms with van der Waals surface area (Å²) in [6.07, 6.45) is 4.59. The highest BCUT2D eigenvalue weighted by molar-refractivity contribution is 7.90. The Balaban J connectivity index is 1.72. The van der Waals surface area contributed by atoms with Crippen molar-refractivity contribution in [1.82, 2.24) is 19.0 Å². The minimum atomic E-state index is -3.18. The maximum Gasteiger partial charge on any atom is 0.215 e. The Morgan fingerprint density at radius 2 is 2.27 bits per heavy atom. The second-order valence-electron chi connectivity index (χ2n) is 5.87. The van der Waals surface area contributed by atoms with Crippen LogP contribution in [0.25, 0.3) is 5.65 Å². The smallest absolute Gasteiger partial charge is 0.215 e. The molecule has 1 saturated heterocycles. The van der Waals surface area contributed by atoms with Gasteiger partial charge in [-0.15, -0.1) is 0 Å². The van der Waals surface area contributed by atoms with Crippen LogP contribution in [0.5, 0.6) is 0 Å². The summed E-state index contributed by atoms with van der Waals surface area (Å²) in [4.78, 5) is 6.61. The van der Waals surface area contributed by atoms with Crippen molar-refractivity contribution in [3.8, 4) is 0 Å². The highest BCUT2D eigenvalue weighted by atomic mass is 32.2. The molecule has 1 N–H and O–H groups in total. The molecule has 2 aromatic heterocycles. The SMILES string of the molecule is CCNS(=O)(=O)[C@@H]1CCN(Cc2cnc3cc(C)ccn23)C1. The van der Waals surface area contributed by atoms with Crippen molar-refractivity contribution < 1.29 is 8.42 Å². The van der Waals surface area contributed by atoms with Crippen molar-refractivity contribution in [3.05, 3.63) is 35.8 Å². The number of imidazole rings is 1. The van der Waals surface area contributed by atoms with Gasteiger partial charge in [-0.05, 0) is 37.6 Å². The van der Waals surface area contributed by atoms with Gasteiger partial charge in [0, 0.05) is 25.8 Å². The minimum Gasteiger partial charge on any atom is -0.303 e. The molecule has 1 aliphatic heterocycles. The normalized spacial score (nSPS) is 20.0. The van der Waals surface area contributed by atoms with E-state index in [0.29, 0.717) is 19.5 Å². The average Bonchev–Trinajstić information content (AvgIpc) is 3.07. The van der Waals surface area contributed by atoms with Gasteiger partial charge < -0.3 is 4.40 Å². The van der Waals surface area contributed by atoms with Gasteiger partial charge in [0.05, 0.1) is 17.1 Å². The topological polar surface area (TPSA) is 66.7 Å². The van der Waals surface area contributed by atoms with Gasteiger partial charge in [0.25, 0.3) is 0 Å². The summed E-state index contributed by atoms with van der Waals surface area (Å²) in [7, 11) is -3.18. The molecule has 3 heterocycles. The van der Waals surface area contributed by atoms with Crippen molar-refractivity contribution in [2.24, 2.45) is 0 Å². The molecule has 22 heavy (non-hydrogen) atoms. The van der Waals surface area contributed by atoms with Gasteiger partial charge in [-0.3, -0.25) is 4.90 Å². The van der Waals surface area contributed by atoms with Crippen LogP contribution in [0.2, 0.25) is 0 Å². The fourth-order valence-electron chi connectivity index (χ4n) is 2.99. The third-order valence-electron chi connectivity index (χ3n) is 4.14. The fraction of sp³-hybridized carbons (Fsp3) is 0.533. The van der Waals surface area contributed by atoms with E-state index in [1.54, 1.807) is 0 Å². The maximum atomic E-state index is 12.1. The fourth-order valence-corrected chi connectivity index (χ4v) is 4.45. The molecular formula is C15H22N4O2S. The van der Waals surface area contributed by atoms with E-state index < -0.39 is 10.0 Å². The van der Waals surface area contributed by atoms with Crippen LogP contribution < -0.4 is 4.72 Å². The monoisotopic (exact) mass is 322 g/mol. The summed E-state index contributed by atoms with van der Waals surface area (Å²) in [5.41, 5.74) is 3.21. The number of hydrogen-bond donors (Lipinski definition) is 1. The first-order chi connectivity index (χ1) is 10.5. The number of sulfonamides is 1. The van der Waals surface area contributed by atoms with Crippen LogP contribution in [0.1, 0.15) is 24.6 Å². The van der Waals surface area contributed by atoms with E-state index in [0.717, 1.165) is 24.4 Å². The van der Waals surface area contributed by atoms with E-state index in [2.05, 4.69) is 25.1 Å². The Labute approximate surface area is 131 Å². The standard InChI is InChI=1S/C15H22N4O2S/c1-3-17-22(20,21)14-5-6-18(11-14)10-13-9-16-15-8-12(2)4-7-19(13)15/h4,7-9,14,17H,3,5-6,10-11H2,1-2H3/t14-/m1/s1. The molecule has 0 radical (unpaired) electrons.